The van der Waals surface area contributed by atoms with E-state index < -0.39 is 0 Å². The third-order valence-electron chi connectivity index (χ3n) is 4.09. The molecular formula is C10H16N2O. The summed E-state index contributed by atoms with van der Waals surface area (Å²) in [5.41, 5.74) is 5.58. The molecule has 3 heteroatoms. The molecule has 0 aromatic rings. The van der Waals surface area contributed by atoms with Gasteiger partial charge in [0.1, 0.15) is 0 Å². The first-order valence-electron chi connectivity index (χ1n) is 5.33. The maximum absolute atomic E-state index is 11.8. The van der Waals surface area contributed by atoms with E-state index >= 15 is 0 Å². The van der Waals surface area contributed by atoms with Gasteiger partial charge in [-0.05, 0) is 37.6 Å². The van der Waals surface area contributed by atoms with Gasteiger partial charge in [0.25, 0.3) is 0 Å². The normalized spacial score (nSPS) is 43.3. The third-order valence-corrected chi connectivity index (χ3v) is 4.09. The van der Waals surface area contributed by atoms with Gasteiger partial charge in [-0.25, -0.2) is 0 Å². The van der Waals surface area contributed by atoms with E-state index in [9.17, 15) is 4.79 Å². The number of amides is 1. The number of piperidine rings is 1. The molecule has 1 amide bonds. The average Bonchev–Trinajstić information content (AvgIpc) is 2.63. The van der Waals surface area contributed by atoms with Gasteiger partial charge in [-0.15, -0.1) is 0 Å². The SMILES string of the molecule is NCC1C2CN(C3CCC3)C(=O)C12. The zero-order valence-corrected chi connectivity index (χ0v) is 7.78. The van der Waals surface area contributed by atoms with Crippen molar-refractivity contribution < 1.29 is 4.79 Å². The van der Waals surface area contributed by atoms with Gasteiger partial charge >= 0.3 is 0 Å². The monoisotopic (exact) mass is 180 g/mol. The average molecular weight is 180 g/mol. The molecule has 0 spiro atoms. The highest BCUT2D eigenvalue weighted by atomic mass is 16.2. The Labute approximate surface area is 78.3 Å². The standard InChI is InChI=1S/C10H16N2O/c11-4-7-8-5-12(6-2-1-3-6)10(13)9(7)8/h6-9H,1-5,11H2. The van der Waals surface area contributed by atoms with Gasteiger partial charge in [-0.2, -0.15) is 0 Å². The van der Waals surface area contributed by atoms with E-state index in [0.717, 1.165) is 6.54 Å². The van der Waals surface area contributed by atoms with Crippen LogP contribution in [0, 0.1) is 17.8 Å². The van der Waals surface area contributed by atoms with Gasteiger partial charge in [-0.1, -0.05) is 0 Å². The number of fused-ring (bicyclic) bond motifs is 1. The van der Waals surface area contributed by atoms with Crippen molar-refractivity contribution in [1.82, 2.24) is 4.90 Å². The third kappa shape index (κ3) is 0.909. The predicted octanol–water partition coefficient (Wildman–Crippen LogP) is 0.202. The molecule has 2 saturated carbocycles. The highest BCUT2D eigenvalue weighted by Gasteiger charge is 2.61. The molecule has 3 atom stereocenters. The Kier molecular flexibility index (Phi) is 1.48. The molecule has 0 aromatic heterocycles. The van der Waals surface area contributed by atoms with Crippen molar-refractivity contribution in [3.8, 4) is 0 Å². The molecular weight excluding hydrogens is 164 g/mol. The van der Waals surface area contributed by atoms with Crippen molar-refractivity contribution in [3.63, 3.8) is 0 Å². The van der Waals surface area contributed by atoms with Crippen LogP contribution >= 0.6 is 0 Å². The van der Waals surface area contributed by atoms with Crippen molar-refractivity contribution in [2.45, 2.75) is 25.3 Å². The quantitative estimate of drug-likeness (QED) is 0.660. The Morgan fingerprint density at radius 3 is 2.62 bits per heavy atom. The number of nitrogens with zero attached hydrogens (tertiary/aromatic N) is 1. The van der Waals surface area contributed by atoms with Crippen molar-refractivity contribution in [2.75, 3.05) is 13.1 Å². The van der Waals surface area contributed by atoms with Crippen LogP contribution in [-0.4, -0.2) is 29.9 Å². The number of nitrogens with two attached hydrogens (primary N) is 1. The van der Waals surface area contributed by atoms with Crippen LogP contribution in [0.4, 0.5) is 0 Å². The minimum Gasteiger partial charge on any atom is -0.339 e. The minimum atomic E-state index is 0.325. The highest BCUT2D eigenvalue weighted by molar-refractivity contribution is 5.85. The maximum Gasteiger partial charge on any atom is 0.226 e. The molecule has 13 heavy (non-hydrogen) atoms. The lowest BCUT2D eigenvalue weighted by atomic mass is 9.91. The van der Waals surface area contributed by atoms with E-state index in [1.807, 2.05) is 0 Å². The predicted molar refractivity (Wildman–Crippen MR) is 48.9 cm³/mol. The van der Waals surface area contributed by atoms with E-state index in [-0.39, 0.29) is 0 Å². The van der Waals surface area contributed by atoms with Crippen LogP contribution in [0.3, 0.4) is 0 Å². The van der Waals surface area contributed by atoms with Crippen molar-refractivity contribution in [1.29, 1.82) is 0 Å². The van der Waals surface area contributed by atoms with Crippen LogP contribution < -0.4 is 5.73 Å². The Morgan fingerprint density at radius 1 is 1.46 bits per heavy atom. The van der Waals surface area contributed by atoms with Gasteiger partial charge < -0.3 is 10.6 Å². The minimum absolute atomic E-state index is 0.325. The molecule has 0 aromatic carbocycles. The van der Waals surface area contributed by atoms with Crippen LogP contribution in [0.2, 0.25) is 0 Å². The molecule has 2 N–H and O–H groups in total. The van der Waals surface area contributed by atoms with Crippen LogP contribution in [0.15, 0.2) is 0 Å². The number of carbonyl (C=O) groups is 1. The molecule has 3 aliphatic rings. The molecule has 1 saturated heterocycles. The molecule has 3 fully saturated rings. The van der Waals surface area contributed by atoms with E-state index in [2.05, 4.69) is 4.90 Å². The summed E-state index contributed by atoms with van der Waals surface area (Å²) in [7, 11) is 0. The zero-order valence-electron chi connectivity index (χ0n) is 7.78. The molecule has 1 aliphatic heterocycles. The van der Waals surface area contributed by atoms with Gasteiger partial charge in [0.15, 0.2) is 0 Å². The molecule has 0 bridgehead atoms. The smallest absolute Gasteiger partial charge is 0.226 e. The van der Waals surface area contributed by atoms with Crippen LogP contribution in [0.1, 0.15) is 19.3 Å². The van der Waals surface area contributed by atoms with Crippen LogP contribution in [0.5, 0.6) is 0 Å². The molecule has 3 rings (SSSR count). The maximum atomic E-state index is 11.8. The summed E-state index contributed by atoms with van der Waals surface area (Å²) in [5, 5.41) is 0. The lowest BCUT2D eigenvalue weighted by Crippen LogP contribution is -2.43. The first-order chi connectivity index (χ1) is 6.33. The first kappa shape index (κ1) is 7.80. The zero-order chi connectivity index (χ0) is 9.00. The second-order valence-corrected chi connectivity index (χ2v) is 4.66. The fourth-order valence-corrected chi connectivity index (χ4v) is 2.92. The summed E-state index contributed by atoms with van der Waals surface area (Å²) in [5.74, 6) is 1.89. The van der Waals surface area contributed by atoms with E-state index in [1.165, 1.54) is 19.3 Å². The van der Waals surface area contributed by atoms with Gasteiger partial charge in [0, 0.05) is 18.5 Å². The summed E-state index contributed by atoms with van der Waals surface area (Å²) < 4.78 is 0. The van der Waals surface area contributed by atoms with Gasteiger partial charge in [0.2, 0.25) is 5.91 Å². The molecule has 2 aliphatic carbocycles. The fourth-order valence-electron chi connectivity index (χ4n) is 2.92. The second kappa shape index (κ2) is 2.47. The summed E-state index contributed by atoms with van der Waals surface area (Å²) in [6.07, 6.45) is 3.78. The largest absolute Gasteiger partial charge is 0.339 e. The number of hydrogen-bond donors (Lipinski definition) is 1. The Bertz CT molecular complexity index is 249. The summed E-state index contributed by atoms with van der Waals surface area (Å²) in [6.45, 7) is 1.72. The summed E-state index contributed by atoms with van der Waals surface area (Å²) in [6, 6.07) is 0.596. The lowest BCUT2D eigenvalue weighted by molar-refractivity contribution is -0.134. The Balaban J connectivity index is 1.67. The highest BCUT2D eigenvalue weighted by Crippen LogP contribution is 2.53. The summed E-state index contributed by atoms with van der Waals surface area (Å²) >= 11 is 0. The Morgan fingerprint density at radius 2 is 2.23 bits per heavy atom. The van der Waals surface area contributed by atoms with E-state index in [1.54, 1.807) is 0 Å². The summed E-state index contributed by atoms with van der Waals surface area (Å²) in [4.78, 5) is 13.9. The fraction of sp³-hybridized carbons (Fsp3) is 0.900. The number of likely N-dealkylation sites (tertiary alicyclic amines) is 1. The second-order valence-electron chi connectivity index (χ2n) is 4.66. The topological polar surface area (TPSA) is 46.3 Å². The number of rotatable bonds is 2. The number of hydrogen-bond acceptors (Lipinski definition) is 2. The molecule has 0 radical (unpaired) electrons. The van der Waals surface area contributed by atoms with E-state index in [0.29, 0.717) is 36.2 Å². The van der Waals surface area contributed by atoms with Gasteiger partial charge in [0.05, 0.1) is 0 Å². The molecule has 72 valence electrons. The molecule has 3 unspecified atom stereocenters. The van der Waals surface area contributed by atoms with Crippen LogP contribution in [0.25, 0.3) is 0 Å². The first-order valence-corrected chi connectivity index (χ1v) is 5.33. The molecule has 3 nitrogen and oxygen atoms in total. The van der Waals surface area contributed by atoms with Crippen molar-refractivity contribution in [2.24, 2.45) is 23.5 Å². The Hall–Kier alpha value is -0.570. The van der Waals surface area contributed by atoms with Crippen LogP contribution in [-0.2, 0) is 4.79 Å². The van der Waals surface area contributed by atoms with E-state index in [4.69, 9.17) is 5.73 Å². The van der Waals surface area contributed by atoms with Crippen molar-refractivity contribution >= 4 is 5.91 Å². The molecule has 1 heterocycles. The lowest BCUT2D eigenvalue weighted by Gasteiger charge is -2.36. The van der Waals surface area contributed by atoms with Crippen molar-refractivity contribution in [3.05, 3.63) is 0 Å². The van der Waals surface area contributed by atoms with Gasteiger partial charge in [-0.3, -0.25) is 4.79 Å². The number of carbonyl (C=O) groups excluding carboxylic acids is 1.